The maximum Gasteiger partial charge on any atom is 0.252 e. The van der Waals surface area contributed by atoms with E-state index in [0.29, 0.717) is 54.0 Å². The Balaban J connectivity index is 1.82. The molecule has 1 aromatic carbocycles. The summed E-state index contributed by atoms with van der Waals surface area (Å²) >= 11 is 0. The molecular formula is C22H26N4O4S. The topological polar surface area (TPSA) is 103 Å². The zero-order chi connectivity index (χ0) is 22.0. The van der Waals surface area contributed by atoms with E-state index in [9.17, 15) is 13.2 Å². The molecule has 0 saturated carbocycles. The largest absolute Gasteiger partial charge is 0.385 e. The number of benzene rings is 1. The van der Waals surface area contributed by atoms with Crippen LogP contribution in [0.1, 0.15) is 34.9 Å². The van der Waals surface area contributed by atoms with Crippen LogP contribution < -0.4 is 5.32 Å². The molecule has 8 nitrogen and oxygen atoms in total. The molecule has 1 aliphatic heterocycles. The van der Waals surface area contributed by atoms with Gasteiger partial charge in [-0.3, -0.25) is 4.79 Å². The van der Waals surface area contributed by atoms with E-state index in [1.54, 1.807) is 17.9 Å². The number of carbonyl (C=O) groups excluding carboxylic acids is 1. The predicted octanol–water partition coefficient (Wildman–Crippen LogP) is 2.53. The highest BCUT2D eigenvalue weighted by atomic mass is 32.2. The van der Waals surface area contributed by atoms with Gasteiger partial charge < -0.3 is 10.1 Å². The average Bonchev–Trinajstić information content (AvgIpc) is 3.30. The minimum atomic E-state index is -3.09. The molecule has 0 unspecified atom stereocenters. The number of amides is 1. The van der Waals surface area contributed by atoms with E-state index in [0.717, 1.165) is 5.56 Å². The standard InChI is InChI=1S/C22H26N4O4S/c1-15-20-18(22(27)23-10-6-11-30-2)13-19(16-7-4-3-5-8-16)24-21(20)26(25-15)17-9-12-31(28,29)14-17/h3-5,7-8,13,17H,6,9-12,14H2,1-2H3,(H,23,27)/t17-/m1/s1. The first kappa shape index (κ1) is 21.5. The van der Waals surface area contributed by atoms with Gasteiger partial charge in [0.2, 0.25) is 0 Å². The normalized spacial score (nSPS) is 17.8. The number of carbonyl (C=O) groups is 1. The number of ether oxygens (including phenoxy) is 1. The zero-order valence-corrected chi connectivity index (χ0v) is 18.5. The van der Waals surface area contributed by atoms with Crippen LogP contribution in [0.4, 0.5) is 0 Å². The Labute approximate surface area is 181 Å². The predicted molar refractivity (Wildman–Crippen MR) is 119 cm³/mol. The molecule has 31 heavy (non-hydrogen) atoms. The Morgan fingerprint density at radius 1 is 1.29 bits per heavy atom. The van der Waals surface area contributed by atoms with Crippen LogP contribution in [-0.2, 0) is 14.6 Å². The number of aryl methyl sites for hydroxylation is 1. The van der Waals surface area contributed by atoms with Crippen molar-refractivity contribution in [2.45, 2.75) is 25.8 Å². The maximum absolute atomic E-state index is 13.1. The Morgan fingerprint density at radius 3 is 2.74 bits per heavy atom. The van der Waals surface area contributed by atoms with Gasteiger partial charge in [0.1, 0.15) is 0 Å². The van der Waals surface area contributed by atoms with Crippen molar-refractivity contribution in [1.29, 1.82) is 0 Å². The van der Waals surface area contributed by atoms with Crippen LogP contribution in [0, 0.1) is 6.92 Å². The smallest absolute Gasteiger partial charge is 0.252 e. The fourth-order valence-electron chi connectivity index (χ4n) is 3.99. The summed E-state index contributed by atoms with van der Waals surface area (Å²) in [5.74, 6) is -0.0233. The number of sulfone groups is 1. The first-order valence-electron chi connectivity index (χ1n) is 10.3. The van der Waals surface area contributed by atoms with Crippen molar-refractivity contribution < 1.29 is 17.9 Å². The van der Waals surface area contributed by atoms with Crippen molar-refractivity contribution in [1.82, 2.24) is 20.1 Å². The lowest BCUT2D eigenvalue weighted by Gasteiger charge is -2.12. The lowest BCUT2D eigenvalue weighted by molar-refractivity contribution is 0.0950. The van der Waals surface area contributed by atoms with Gasteiger partial charge in [-0.1, -0.05) is 30.3 Å². The molecule has 1 amide bonds. The van der Waals surface area contributed by atoms with E-state index in [4.69, 9.17) is 9.72 Å². The van der Waals surface area contributed by atoms with Gasteiger partial charge in [-0.2, -0.15) is 5.10 Å². The number of methoxy groups -OCH3 is 1. The van der Waals surface area contributed by atoms with Gasteiger partial charge in [0.25, 0.3) is 5.91 Å². The summed E-state index contributed by atoms with van der Waals surface area (Å²) in [6.07, 6.45) is 1.20. The summed E-state index contributed by atoms with van der Waals surface area (Å²) in [4.78, 5) is 17.9. The molecule has 1 N–H and O–H groups in total. The van der Waals surface area contributed by atoms with Crippen LogP contribution in [0.15, 0.2) is 36.4 Å². The van der Waals surface area contributed by atoms with Crippen LogP contribution in [-0.4, -0.2) is 60.9 Å². The number of hydrogen-bond acceptors (Lipinski definition) is 6. The number of aromatic nitrogens is 3. The Kier molecular flexibility index (Phi) is 6.06. The molecule has 1 aliphatic rings. The Hall–Kier alpha value is -2.78. The van der Waals surface area contributed by atoms with Gasteiger partial charge in [0.15, 0.2) is 15.5 Å². The van der Waals surface area contributed by atoms with Gasteiger partial charge in [-0.25, -0.2) is 18.1 Å². The van der Waals surface area contributed by atoms with Crippen molar-refractivity contribution >= 4 is 26.8 Å². The van der Waals surface area contributed by atoms with Crippen molar-refractivity contribution in [3.63, 3.8) is 0 Å². The van der Waals surface area contributed by atoms with Crippen LogP contribution >= 0.6 is 0 Å². The molecule has 1 atom stereocenters. The van der Waals surface area contributed by atoms with E-state index in [1.165, 1.54) is 0 Å². The van der Waals surface area contributed by atoms with E-state index in [2.05, 4.69) is 10.4 Å². The molecule has 0 bridgehead atoms. The van der Waals surface area contributed by atoms with Gasteiger partial charge >= 0.3 is 0 Å². The monoisotopic (exact) mass is 442 g/mol. The number of pyridine rings is 1. The molecule has 1 fully saturated rings. The van der Waals surface area contributed by atoms with Gasteiger partial charge in [-0.05, 0) is 25.8 Å². The number of nitrogens with one attached hydrogen (secondary N) is 1. The fourth-order valence-corrected chi connectivity index (χ4v) is 5.68. The second-order valence-corrected chi connectivity index (χ2v) is 10.0. The van der Waals surface area contributed by atoms with Gasteiger partial charge in [-0.15, -0.1) is 0 Å². The highest BCUT2D eigenvalue weighted by molar-refractivity contribution is 7.91. The third kappa shape index (κ3) is 4.47. The summed E-state index contributed by atoms with van der Waals surface area (Å²) in [5.41, 5.74) is 3.22. The van der Waals surface area contributed by atoms with E-state index in [-0.39, 0.29) is 23.5 Å². The molecule has 9 heteroatoms. The van der Waals surface area contributed by atoms with E-state index in [1.807, 2.05) is 37.3 Å². The highest BCUT2D eigenvalue weighted by Crippen LogP contribution is 2.32. The first-order valence-corrected chi connectivity index (χ1v) is 12.1. The summed E-state index contributed by atoms with van der Waals surface area (Å²) in [6, 6.07) is 11.1. The molecule has 0 spiro atoms. The van der Waals surface area contributed by atoms with Gasteiger partial charge in [0.05, 0.1) is 39.9 Å². The van der Waals surface area contributed by atoms with Crippen molar-refractivity contribution in [3.8, 4) is 11.3 Å². The van der Waals surface area contributed by atoms with Crippen molar-refractivity contribution in [2.75, 3.05) is 31.8 Å². The van der Waals surface area contributed by atoms with E-state index < -0.39 is 9.84 Å². The van der Waals surface area contributed by atoms with Crippen LogP contribution in [0.3, 0.4) is 0 Å². The number of nitrogens with zero attached hydrogens (tertiary/aromatic N) is 3. The summed E-state index contributed by atoms with van der Waals surface area (Å²) in [7, 11) is -1.46. The molecule has 0 radical (unpaired) electrons. The van der Waals surface area contributed by atoms with Crippen molar-refractivity contribution in [3.05, 3.63) is 47.7 Å². The summed E-state index contributed by atoms with van der Waals surface area (Å²) < 4.78 is 30.9. The average molecular weight is 443 g/mol. The van der Waals surface area contributed by atoms with E-state index >= 15 is 0 Å². The van der Waals surface area contributed by atoms with Crippen molar-refractivity contribution in [2.24, 2.45) is 0 Å². The lowest BCUT2D eigenvalue weighted by atomic mass is 10.0. The highest BCUT2D eigenvalue weighted by Gasteiger charge is 2.32. The third-order valence-electron chi connectivity index (χ3n) is 5.52. The fraction of sp³-hybridized carbons (Fsp3) is 0.409. The molecule has 0 aliphatic carbocycles. The molecule has 2 aromatic heterocycles. The first-order chi connectivity index (χ1) is 14.9. The SMILES string of the molecule is COCCCNC(=O)c1cc(-c2ccccc2)nc2c1c(C)nn2[C@@H]1CCS(=O)(=O)C1. The summed E-state index contributed by atoms with van der Waals surface area (Å²) in [6.45, 7) is 2.88. The quantitative estimate of drug-likeness (QED) is 0.564. The third-order valence-corrected chi connectivity index (χ3v) is 7.27. The lowest BCUT2D eigenvalue weighted by Crippen LogP contribution is -2.25. The van der Waals surface area contributed by atoms with Crippen LogP contribution in [0.25, 0.3) is 22.3 Å². The van der Waals surface area contributed by atoms with Crippen LogP contribution in [0.2, 0.25) is 0 Å². The number of hydrogen-bond donors (Lipinski definition) is 1. The molecular weight excluding hydrogens is 416 g/mol. The minimum absolute atomic E-state index is 0.0407. The molecule has 3 aromatic rings. The molecule has 1 saturated heterocycles. The Morgan fingerprint density at radius 2 is 2.06 bits per heavy atom. The summed E-state index contributed by atoms with van der Waals surface area (Å²) in [5, 5.41) is 8.22. The second kappa shape index (κ2) is 8.76. The second-order valence-electron chi connectivity index (χ2n) is 7.81. The molecule has 164 valence electrons. The zero-order valence-electron chi connectivity index (χ0n) is 17.7. The molecule has 4 rings (SSSR count). The number of rotatable bonds is 7. The van der Waals surface area contributed by atoms with Gasteiger partial charge in [0, 0.05) is 25.8 Å². The minimum Gasteiger partial charge on any atom is -0.385 e. The number of fused-ring (bicyclic) bond motifs is 1. The molecule has 3 heterocycles. The maximum atomic E-state index is 13.1. The van der Waals surface area contributed by atoms with Crippen LogP contribution in [0.5, 0.6) is 0 Å². The Bertz CT molecular complexity index is 1210.